The molecule has 0 bridgehead atoms. The Hall–Kier alpha value is -1.30. The summed E-state index contributed by atoms with van der Waals surface area (Å²) in [7, 11) is 1.68. The summed E-state index contributed by atoms with van der Waals surface area (Å²) in [6.45, 7) is 5.08. The van der Waals surface area contributed by atoms with E-state index in [1.807, 2.05) is 18.2 Å². The number of hydrogen-bond acceptors (Lipinski definition) is 4. The van der Waals surface area contributed by atoms with Gasteiger partial charge in [-0.1, -0.05) is 11.6 Å². The van der Waals surface area contributed by atoms with E-state index in [9.17, 15) is 4.79 Å². The number of nitrogens with one attached hydrogen (secondary N) is 1. The molecule has 1 amide bonds. The van der Waals surface area contributed by atoms with Gasteiger partial charge in [0.05, 0.1) is 13.7 Å². The summed E-state index contributed by atoms with van der Waals surface area (Å²) in [5.41, 5.74) is 1.11. The van der Waals surface area contributed by atoms with Gasteiger partial charge in [-0.2, -0.15) is 0 Å². The lowest BCUT2D eigenvalue weighted by molar-refractivity contribution is -0.122. The number of methoxy groups -OCH3 is 1. The number of rotatable bonds is 6. The van der Waals surface area contributed by atoms with Crippen molar-refractivity contribution in [2.75, 3.05) is 39.8 Å². The van der Waals surface area contributed by atoms with Crippen LogP contribution in [0.3, 0.4) is 0 Å². The van der Waals surface area contributed by atoms with Crippen LogP contribution in [0.2, 0.25) is 5.02 Å². The number of carbonyl (C=O) groups excluding carboxylic acids is 1. The minimum Gasteiger partial charge on any atom is -0.496 e. The highest BCUT2D eigenvalue weighted by molar-refractivity contribution is 6.30. The number of amides is 1. The number of carbonyl (C=O) groups is 1. The van der Waals surface area contributed by atoms with E-state index < -0.39 is 0 Å². The third kappa shape index (κ3) is 4.83. The lowest BCUT2D eigenvalue weighted by atomic mass is 10.1. The number of piperazine rings is 1. The van der Waals surface area contributed by atoms with E-state index in [0.717, 1.165) is 61.9 Å². The van der Waals surface area contributed by atoms with Crippen molar-refractivity contribution in [2.45, 2.75) is 25.4 Å². The van der Waals surface area contributed by atoms with Gasteiger partial charge in [0.2, 0.25) is 5.91 Å². The Morgan fingerprint density at radius 1 is 1.26 bits per heavy atom. The van der Waals surface area contributed by atoms with Gasteiger partial charge in [0.15, 0.2) is 0 Å². The van der Waals surface area contributed by atoms with Gasteiger partial charge >= 0.3 is 0 Å². The molecular weight excluding hydrogens is 314 g/mol. The molecule has 1 aromatic rings. The van der Waals surface area contributed by atoms with Crippen molar-refractivity contribution < 1.29 is 9.53 Å². The zero-order valence-electron chi connectivity index (χ0n) is 13.6. The molecule has 2 aliphatic rings. The first-order valence-electron chi connectivity index (χ1n) is 8.20. The van der Waals surface area contributed by atoms with Gasteiger partial charge in [-0.05, 0) is 31.0 Å². The molecule has 1 N–H and O–H groups in total. The SMILES string of the molecule is COc1ccc(Cl)cc1CN1CCN(CC(=O)NC2CC2)CC1. The number of halogens is 1. The van der Waals surface area contributed by atoms with E-state index in [2.05, 4.69) is 15.1 Å². The topological polar surface area (TPSA) is 44.8 Å². The highest BCUT2D eigenvalue weighted by atomic mass is 35.5. The summed E-state index contributed by atoms with van der Waals surface area (Å²) in [5, 5.41) is 3.78. The van der Waals surface area contributed by atoms with Crippen LogP contribution in [0.25, 0.3) is 0 Å². The standard InChI is InChI=1S/C17H24ClN3O2/c1-23-16-5-2-14(18)10-13(16)11-20-6-8-21(9-7-20)12-17(22)19-15-3-4-15/h2,5,10,15H,3-4,6-9,11-12H2,1H3,(H,19,22). The third-order valence-electron chi connectivity index (χ3n) is 4.41. The zero-order valence-corrected chi connectivity index (χ0v) is 14.3. The molecule has 23 heavy (non-hydrogen) atoms. The molecule has 1 aromatic carbocycles. The van der Waals surface area contributed by atoms with Crippen LogP contribution in [0, 0.1) is 0 Å². The fourth-order valence-electron chi connectivity index (χ4n) is 2.92. The molecule has 126 valence electrons. The first kappa shape index (κ1) is 16.6. The number of hydrogen-bond donors (Lipinski definition) is 1. The van der Waals surface area contributed by atoms with Crippen LogP contribution in [0.15, 0.2) is 18.2 Å². The van der Waals surface area contributed by atoms with E-state index in [-0.39, 0.29) is 5.91 Å². The molecular formula is C17H24ClN3O2. The largest absolute Gasteiger partial charge is 0.496 e. The summed E-state index contributed by atoms with van der Waals surface area (Å²) in [6, 6.07) is 6.17. The van der Waals surface area contributed by atoms with Crippen molar-refractivity contribution in [1.29, 1.82) is 0 Å². The number of nitrogens with zero attached hydrogens (tertiary/aromatic N) is 2. The lowest BCUT2D eigenvalue weighted by Gasteiger charge is -2.34. The summed E-state index contributed by atoms with van der Waals surface area (Å²) < 4.78 is 5.41. The molecule has 0 radical (unpaired) electrons. The second-order valence-corrected chi connectivity index (χ2v) is 6.79. The van der Waals surface area contributed by atoms with E-state index in [0.29, 0.717) is 12.6 Å². The molecule has 6 heteroatoms. The van der Waals surface area contributed by atoms with Gasteiger partial charge in [0, 0.05) is 49.4 Å². The molecule has 1 saturated heterocycles. The van der Waals surface area contributed by atoms with Gasteiger partial charge in [0.1, 0.15) is 5.75 Å². The average Bonchev–Trinajstić information content (AvgIpc) is 3.33. The van der Waals surface area contributed by atoms with Gasteiger partial charge in [-0.15, -0.1) is 0 Å². The Kier molecular flexibility index (Phi) is 5.41. The van der Waals surface area contributed by atoms with E-state index in [1.54, 1.807) is 7.11 Å². The molecule has 0 atom stereocenters. The Morgan fingerprint density at radius 2 is 1.96 bits per heavy atom. The Morgan fingerprint density at radius 3 is 2.61 bits per heavy atom. The Bertz CT molecular complexity index is 555. The quantitative estimate of drug-likeness (QED) is 0.859. The lowest BCUT2D eigenvalue weighted by Crippen LogP contribution is -2.49. The summed E-state index contributed by atoms with van der Waals surface area (Å²) in [4.78, 5) is 16.5. The average molecular weight is 338 g/mol. The zero-order chi connectivity index (χ0) is 16.2. The van der Waals surface area contributed by atoms with E-state index in [1.165, 1.54) is 0 Å². The summed E-state index contributed by atoms with van der Waals surface area (Å²) in [6.07, 6.45) is 2.28. The minimum absolute atomic E-state index is 0.164. The monoisotopic (exact) mass is 337 g/mol. The predicted molar refractivity (Wildman–Crippen MR) is 90.9 cm³/mol. The van der Waals surface area contributed by atoms with Crippen molar-refractivity contribution in [3.63, 3.8) is 0 Å². The van der Waals surface area contributed by atoms with E-state index >= 15 is 0 Å². The second-order valence-electron chi connectivity index (χ2n) is 6.35. The highest BCUT2D eigenvalue weighted by Crippen LogP contribution is 2.24. The molecule has 2 fully saturated rings. The molecule has 1 saturated carbocycles. The fraction of sp³-hybridized carbons (Fsp3) is 0.588. The third-order valence-corrected chi connectivity index (χ3v) is 4.65. The normalized spacial score (nSPS) is 19.6. The van der Waals surface area contributed by atoms with Crippen LogP contribution in [0.5, 0.6) is 5.75 Å². The molecule has 1 aliphatic carbocycles. The molecule has 0 aromatic heterocycles. The molecule has 0 spiro atoms. The molecule has 1 aliphatic heterocycles. The van der Waals surface area contributed by atoms with Crippen molar-refractivity contribution in [1.82, 2.24) is 15.1 Å². The van der Waals surface area contributed by atoms with Crippen LogP contribution in [-0.4, -0.2) is 61.6 Å². The molecule has 1 heterocycles. The van der Waals surface area contributed by atoms with Crippen molar-refractivity contribution in [2.24, 2.45) is 0 Å². The van der Waals surface area contributed by atoms with Gasteiger partial charge in [-0.3, -0.25) is 14.6 Å². The molecule has 0 unspecified atom stereocenters. The Labute approximate surface area is 142 Å². The van der Waals surface area contributed by atoms with Crippen molar-refractivity contribution >= 4 is 17.5 Å². The van der Waals surface area contributed by atoms with Gasteiger partial charge < -0.3 is 10.1 Å². The van der Waals surface area contributed by atoms with Crippen LogP contribution >= 0.6 is 11.6 Å². The van der Waals surface area contributed by atoms with Crippen LogP contribution in [0.1, 0.15) is 18.4 Å². The van der Waals surface area contributed by atoms with E-state index in [4.69, 9.17) is 16.3 Å². The van der Waals surface area contributed by atoms with Crippen LogP contribution in [-0.2, 0) is 11.3 Å². The predicted octanol–water partition coefficient (Wildman–Crippen LogP) is 1.74. The summed E-state index contributed by atoms with van der Waals surface area (Å²) in [5.74, 6) is 1.04. The maximum atomic E-state index is 11.9. The first-order valence-corrected chi connectivity index (χ1v) is 8.58. The van der Waals surface area contributed by atoms with Crippen molar-refractivity contribution in [3.05, 3.63) is 28.8 Å². The smallest absolute Gasteiger partial charge is 0.234 e. The minimum atomic E-state index is 0.164. The molecule has 3 rings (SSSR count). The van der Waals surface area contributed by atoms with Crippen LogP contribution < -0.4 is 10.1 Å². The summed E-state index contributed by atoms with van der Waals surface area (Å²) >= 11 is 6.09. The number of benzene rings is 1. The Balaban J connectivity index is 1.47. The van der Waals surface area contributed by atoms with Crippen molar-refractivity contribution in [3.8, 4) is 5.75 Å². The van der Waals surface area contributed by atoms with Gasteiger partial charge in [0.25, 0.3) is 0 Å². The van der Waals surface area contributed by atoms with Crippen LogP contribution in [0.4, 0.5) is 0 Å². The number of ether oxygens (including phenoxy) is 1. The highest BCUT2D eigenvalue weighted by Gasteiger charge is 2.25. The maximum absolute atomic E-state index is 11.9. The second kappa shape index (κ2) is 7.51. The first-order chi connectivity index (χ1) is 11.1. The fourth-order valence-corrected chi connectivity index (χ4v) is 3.12. The maximum Gasteiger partial charge on any atom is 0.234 e. The molecule has 5 nitrogen and oxygen atoms in total. The van der Waals surface area contributed by atoms with Gasteiger partial charge in [-0.25, -0.2) is 0 Å².